The van der Waals surface area contributed by atoms with Crippen molar-refractivity contribution in [3.63, 3.8) is 0 Å². The maximum Gasteiger partial charge on any atom is 0.255 e. The van der Waals surface area contributed by atoms with Gasteiger partial charge in [-0.3, -0.25) is 9.59 Å². The monoisotopic (exact) mass is 504 g/mol. The van der Waals surface area contributed by atoms with Gasteiger partial charge in [0.25, 0.3) is 5.91 Å². The summed E-state index contributed by atoms with van der Waals surface area (Å²) in [6, 6.07) is 17.1. The number of benzene rings is 3. The Morgan fingerprint density at radius 2 is 1.67 bits per heavy atom. The van der Waals surface area contributed by atoms with Crippen LogP contribution in [0.2, 0.25) is 10.0 Å². The molecule has 0 aliphatic rings. The van der Waals surface area contributed by atoms with E-state index in [0.29, 0.717) is 38.5 Å². The number of thioether (sulfide) groups is 1. The van der Waals surface area contributed by atoms with Crippen LogP contribution in [-0.2, 0) is 4.79 Å². The maximum absolute atomic E-state index is 12.7. The van der Waals surface area contributed by atoms with E-state index in [-0.39, 0.29) is 11.8 Å². The minimum atomic E-state index is -0.409. The van der Waals surface area contributed by atoms with E-state index in [4.69, 9.17) is 32.7 Å². The van der Waals surface area contributed by atoms with Crippen molar-refractivity contribution in [1.82, 2.24) is 0 Å². The first-order valence-corrected chi connectivity index (χ1v) is 11.5. The summed E-state index contributed by atoms with van der Waals surface area (Å²) in [6.45, 7) is 1.79. The van der Waals surface area contributed by atoms with Crippen LogP contribution in [0.1, 0.15) is 17.3 Å². The Bertz CT molecular complexity index is 1170. The molecule has 1 unspecified atom stereocenters. The Morgan fingerprint density at radius 3 is 2.36 bits per heavy atom. The number of hydrogen-bond acceptors (Lipinski definition) is 5. The molecular weight excluding hydrogens is 483 g/mol. The fourth-order valence-corrected chi connectivity index (χ4v) is 4.29. The third-order valence-electron chi connectivity index (χ3n) is 4.61. The molecular formula is C24H22Cl2N2O4S. The smallest absolute Gasteiger partial charge is 0.255 e. The molecule has 3 rings (SSSR count). The average molecular weight is 505 g/mol. The lowest BCUT2D eigenvalue weighted by atomic mass is 10.2. The van der Waals surface area contributed by atoms with Crippen molar-refractivity contribution in [2.75, 3.05) is 24.9 Å². The van der Waals surface area contributed by atoms with Crippen LogP contribution in [0.3, 0.4) is 0 Å². The molecule has 3 aromatic rings. The lowest BCUT2D eigenvalue weighted by molar-refractivity contribution is -0.115. The van der Waals surface area contributed by atoms with Gasteiger partial charge in [0, 0.05) is 21.2 Å². The normalized spacial score (nSPS) is 11.4. The molecule has 0 heterocycles. The van der Waals surface area contributed by atoms with Gasteiger partial charge in [0.15, 0.2) is 11.5 Å². The van der Waals surface area contributed by atoms with Crippen LogP contribution in [-0.4, -0.2) is 31.3 Å². The van der Waals surface area contributed by atoms with E-state index in [0.717, 1.165) is 4.90 Å². The van der Waals surface area contributed by atoms with Crippen LogP contribution >= 0.6 is 35.0 Å². The van der Waals surface area contributed by atoms with Crippen LogP contribution < -0.4 is 20.1 Å². The van der Waals surface area contributed by atoms with Crippen LogP contribution in [0.4, 0.5) is 11.4 Å². The van der Waals surface area contributed by atoms with Crippen LogP contribution in [0.15, 0.2) is 65.6 Å². The second-order valence-corrected chi connectivity index (χ2v) is 9.18. The Morgan fingerprint density at radius 1 is 0.909 bits per heavy atom. The highest BCUT2D eigenvalue weighted by molar-refractivity contribution is 8.00. The number of rotatable bonds is 8. The lowest BCUT2D eigenvalue weighted by Crippen LogP contribution is -2.22. The Kier molecular flexibility index (Phi) is 8.49. The van der Waals surface area contributed by atoms with Crippen molar-refractivity contribution in [2.24, 2.45) is 0 Å². The number of ether oxygens (including phenoxy) is 2. The molecule has 0 bridgehead atoms. The molecule has 0 radical (unpaired) electrons. The van der Waals surface area contributed by atoms with Crippen molar-refractivity contribution in [3.05, 3.63) is 76.3 Å². The molecule has 0 saturated heterocycles. The van der Waals surface area contributed by atoms with E-state index in [1.807, 2.05) is 18.2 Å². The molecule has 0 aliphatic carbocycles. The first kappa shape index (κ1) is 24.8. The van der Waals surface area contributed by atoms with Crippen molar-refractivity contribution in [1.29, 1.82) is 0 Å². The molecule has 0 aliphatic heterocycles. The second kappa shape index (κ2) is 11.3. The second-order valence-electron chi connectivity index (χ2n) is 6.93. The third-order valence-corrected chi connectivity index (χ3v) is 6.25. The number of carbonyl (C=O) groups excluding carboxylic acids is 2. The molecule has 0 fully saturated rings. The topological polar surface area (TPSA) is 76.7 Å². The zero-order chi connectivity index (χ0) is 24.0. The summed E-state index contributed by atoms with van der Waals surface area (Å²) in [5, 5.41) is 6.12. The zero-order valence-electron chi connectivity index (χ0n) is 18.1. The van der Waals surface area contributed by atoms with E-state index >= 15 is 0 Å². The SMILES string of the molecule is COc1ccc(C(=O)Nc2cccc(SC(C)C(=O)Nc3ccc(Cl)cc3Cl)c2)cc1OC. The van der Waals surface area contributed by atoms with Crippen molar-refractivity contribution < 1.29 is 19.1 Å². The Balaban J connectivity index is 1.65. The highest BCUT2D eigenvalue weighted by atomic mass is 35.5. The van der Waals surface area contributed by atoms with Crippen LogP contribution in [0.5, 0.6) is 11.5 Å². The summed E-state index contributed by atoms with van der Waals surface area (Å²) >= 11 is 13.4. The summed E-state index contributed by atoms with van der Waals surface area (Å²) in [5.74, 6) is 0.514. The summed E-state index contributed by atoms with van der Waals surface area (Å²) in [6.07, 6.45) is 0. The van der Waals surface area contributed by atoms with Gasteiger partial charge in [0.1, 0.15) is 0 Å². The molecule has 33 heavy (non-hydrogen) atoms. The maximum atomic E-state index is 12.7. The molecule has 0 saturated carbocycles. The highest BCUT2D eigenvalue weighted by Gasteiger charge is 2.17. The van der Waals surface area contributed by atoms with Gasteiger partial charge < -0.3 is 20.1 Å². The van der Waals surface area contributed by atoms with Crippen molar-refractivity contribution >= 4 is 58.2 Å². The molecule has 3 aromatic carbocycles. The Hall–Kier alpha value is -2.87. The van der Waals surface area contributed by atoms with Gasteiger partial charge >= 0.3 is 0 Å². The minimum Gasteiger partial charge on any atom is -0.493 e. The van der Waals surface area contributed by atoms with E-state index in [1.54, 1.807) is 49.4 Å². The van der Waals surface area contributed by atoms with Crippen molar-refractivity contribution in [2.45, 2.75) is 17.1 Å². The molecule has 172 valence electrons. The third kappa shape index (κ3) is 6.57. The van der Waals surface area contributed by atoms with Gasteiger partial charge in [-0.1, -0.05) is 29.3 Å². The quantitative estimate of drug-likeness (QED) is 0.348. The molecule has 1 atom stereocenters. The van der Waals surface area contributed by atoms with Gasteiger partial charge in [-0.05, 0) is 61.5 Å². The van der Waals surface area contributed by atoms with Crippen molar-refractivity contribution in [3.8, 4) is 11.5 Å². The lowest BCUT2D eigenvalue weighted by Gasteiger charge is -2.14. The minimum absolute atomic E-state index is 0.205. The molecule has 9 heteroatoms. The highest BCUT2D eigenvalue weighted by Crippen LogP contribution is 2.30. The molecule has 2 amide bonds. The predicted octanol–water partition coefficient (Wildman–Crippen LogP) is 6.38. The summed E-state index contributed by atoms with van der Waals surface area (Å²) in [4.78, 5) is 26.1. The number of halogens is 2. The molecule has 2 N–H and O–H groups in total. The predicted molar refractivity (Wildman–Crippen MR) is 134 cm³/mol. The standard InChI is InChI=1S/C24H22Cl2N2O4S/c1-14(23(29)28-20-9-8-16(25)12-19(20)26)33-18-6-4-5-17(13-18)27-24(30)15-7-10-21(31-2)22(11-15)32-3/h4-14H,1-3H3,(H,27,30)(H,28,29). The largest absolute Gasteiger partial charge is 0.493 e. The van der Waals surface area contributed by atoms with E-state index in [2.05, 4.69) is 10.6 Å². The van der Waals surface area contributed by atoms with E-state index < -0.39 is 5.25 Å². The number of anilines is 2. The summed E-state index contributed by atoms with van der Waals surface area (Å²) in [5.41, 5.74) is 1.53. The Labute approximate surface area is 206 Å². The van der Waals surface area contributed by atoms with E-state index in [9.17, 15) is 9.59 Å². The summed E-state index contributed by atoms with van der Waals surface area (Å²) < 4.78 is 10.5. The molecule has 0 spiro atoms. The van der Waals surface area contributed by atoms with Gasteiger partial charge in [0.2, 0.25) is 5.91 Å². The summed E-state index contributed by atoms with van der Waals surface area (Å²) in [7, 11) is 3.05. The number of hydrogen-bond donors (Lipinski definition) is 2. The van der Waals surface area contributed by atoms with Gasteiger partial charge in [-0.2, -0.15) is 0 Å². The first-order chi connectivity index (χ1) is 15.8. The number of methoxy groups -OCH3 is 2. The molecule has 6 nitrogen and oxygen atoms in total. The number of nitrogens with one attached hydrogen (secondary N) is 2. The average Bonchev–Trinajstić information content (AvgIpc) is 2.80. The zero-order valence-corrected chi connectivity index (χ0v) is 20.5. The van der Waals surface area contributed by atoms with Gasteiger partial charge in [0.05, 0.1) is 30.2 Å². The fourth-order valence-electron chi connectivity index (χ4n) is 2.91. The van der Waals surface area contributed by atoms with Gasteiger partial charge in [-0.15, -0.1) is 11.8 Å². The number of carbonyl (C=O) groups is 2. The van der Waals surface area contributed by atoms with Crippen LogP contribution in [0.25, 0.3) is 0 Å². The number of amides is 2. The van der Waals surface area contributed by atoms with Gasteiger partial charge in [-0.25, -0.2) is 0 Å². The van der Waals surface area contributed by atoms with Crippen LogP contribution in [0, 0.1) is 0 Å². The fraction of sp³-hybridized carbons (Fsp3) is 0.167. The first-order valence-electron chi connectivity index (χ1n) is 9.86. The molecule has 0 aromatic heterocycles. The van der Waals surface area contributed by atoms with E-state index in [1.165, 1.54) is 26.0 Å².